The van der Waals surface area contributed by atoms with E-state index < -0.39 is 0 Å². The zero-order valence-electron chi connectivity index (χ0n) is 10.9. The molecule has 5 heteroatoms. The molecule has 1 heterocycles. The number of nitrogen functional groups attached to an aromatic ring is 1. The normalized spacial score (nSPS) is 17.7. The first kappa shape index (κ1) is 12.9. The van der Waals surface area contributed by atoms with Gasteiger partial charge in [-0.25, -0.2) is 5.01 Å². The van der Waals surface area contributed by atoms with Gasteiger partial charge in [-0.1, -0.05) is 6.07 Å². The Morgan fingerprint density at radius 2 is 1.94 bits per heavy atom. The molecule has 1 aromatic rings. The van der Waals surface area contributed by atoms with Crippen LogP contribution in [0.1, 0.15) is 15.9 Å². The second kappa shape index (κ2) is 5.37. The molecule has 1 aromatic carbocycles. The standard InChI is InChI=1S/C13H20N4O/c1-10-3-4-11(14)9-12(10)13(18)15-17-7-5-16(2)6-8-17/h3-4,9H,5-8,14H2,1-2H3,(H,15,18). The number of hydrazine groups is 1. The minimum Gasteiger partial charge on any atom is -0.399 e. The summed E-state index contributed by atoms with van der Waals surface area (Å²) in [6, 6.07) is 5.40. The Kier molecular flexibility index (Phi) is 3.84. The van der Waals surface area contributed by atoms with E-state index in [0.29, 0.717) is 11.3 Å². The zero-order valence-corrected chi connectivity index (χ0v) is 10.9. The molecule has 3 N–H and O–H groups in total. The van der Waals surface area contributed by atoms with Crippen molar-refractivity contribution < 1.29 is 4.79 Å². The molecule has 18 heavy (non-hydrogen) atoms. The highest BCUT2D eigenvalue weighted by atomic mass is 16.2. The molecule has 1 aliphatic heterocycles. The van der Waals surface area contributed by atoms with Gasteiger partial charge in [-0.2, -0.15) is 0 Å². The number of carbonyl (C=O) groups excluding carboxylic acids is 1. The molecule has 98 valence electrons. The lowest BCUT2D eigenvalue weighted by Crippen LogP contribution is -2.52. The van der Waals surface area contributed by atoms with Crippen LogP contribution in [0, 0.1) is 6.92 Å². The van der Waals surface area contributed by atoms with Crippen molar-refractivity contribution in [2.24, 2.45) is 0 Å². The van der Waals surface area contributed by atoms with E-state index in [4.69, 9.17) is 5.73 Å². The van der Waals surface area contributed by atoms with E-state index in [0.717, 1.165) is 31.7 Å². The van der Waals surface area contributed by atoms with Gasteiger partial charge in [0.25, 0.3) is 5.91 Å². The molecule has 0 bridgehead atoms. The average molecular weight is 248 g/mol. The quantitative estimate of drug-likeness (QED) is 0.747. The third kappa shape index (κ3) is 3.00. The number of amides is 1. The molecule has 0 spiro atoms. The maximum atomic E-state index is 12.1. The first-order chi connectivity index (χ1) is 8.56. The summed E-state index contributed by atoms with van der Waals surface area (Å²) in [5.41, 5.74) is 10.9. The van der Waals surface area contributed by atoms with E-state index in [2.05, 4.69) is 17.4 Å². The predicted molar refractivity (Wildman–Crippen MR) is 72.1 cm³/mol. The second-order valence-corrected chi connectivity index (χ2v) is 4.81. The van der Waals surface area contributed by atoms with Crippen molar-refractivity contribution in [1.29, 1.82) is 0 Å². The van der Waals surface area contributed by atoms with Gasteiger partial charge in [0.2, 0.25) is 0 Å². The van der Waals surface area contributed by atoms with E-state index in [1.54, 1.807) is 6.07 Å². The number of aryl methyl sites for hydroxylation is 1. The smallest absolute Gasteiger partial charge is 0.265 e. The molecule has 1 saturated heterocycles. The lowest BCUT2D eigenvalue weighted by molar-refractivity contribution is 0.0662. The molecule has 0 aliphatic carbocycles. The highest BCUT2D eigenvalue weighted by Gasteiger charge is 2.17. The van der Waals surface area contributed by atoms with Gasteiger partial charge in [0.1, 0.15) is 0 Å². The number of nitrogens with one attached hydrogen (secondary N) is 1. The molecule has 2 rings (SSSR count). The van der Waals surface area contributed by atoms with Crippen LogP contribution >= 0.6 is 0 Å². The van der Waals surface area contributed by atoms with Crippen LogP contribution in [0.2, 0.25) is 0 Å². The van der Waals surface area contributed by atoms with Crippen molar-refractivity contribution in [3.05, 3.63) is 29.3 Å². The molecule has 0 unspecified atom stereocenters. The summed E-state index contributed by atoms with van der Waals surface area (Å²) in [5, 5.41) is 1.96. The van der Waals surface area contributed by atoms with Crippen LogP contribution in [0.25, 0.3) is 0 Å². The highest BCUT2D eigenvalue weighted by molar-refractivity contribution is 5.96. The van der Waals surface area contributed by atoms with E-state index >= 15 is 0 Å². The predicted octanol–water partition coefficient (Wildman–Crippen LogP) is 0.469. The molecule has 1 aliphatic rings. The molecule has 0 radical (unpaired) electrons. The zero-order chi connectivity index (χ0) is 13.1. The van der Waals surface area contributed by atoms with E-state index in [1.807, 2.05) is 24.1 Å². The summed E-state index contributed by atoms with van der Waals surface area (Å²) in [7, 11) is 2.08. The van der Waals surface area contributed by atoms with Gasteiger partial charge in [0.05, 0.1) is 0 Å². The summed E-state index contributed by atoms with van der Waals surface area (Å²) < 4.78 is 0. The molecule has 0 aromatic heterocycles. The number of benzene rings is 1. The Hall–Kier alpha value is -1.59. The number of nitrogens with zero attached hydrogens (tertiary/aromatic N) is 2. The molecule has 0 atom stereocenters. The molecule has 1 amide bonds. The number of hydrogen-bond donors (Lipinski definition) is 2. The first-order valence-corrected chi connectivity index (χ1v) is 6.17. The summed E-state index contributed by atoms with van der Waals surface area (Å²) in [6.07, 6.45) is 0. The van der Waals surface area contributed by atoms with Crippen LogP contribution in [0.5, 0.6) is 0 Å². The second-order valence-electron chi connectivity index (χ2n) is 4.81. The maximum absolute atomic E-state index is 12.1. The number of carbonyl (C=O) groups is 1. The number of anilines is 1. The van der Waals surface area contributed by atoms with Gasteiger partial charge >= 0.3 is 0 Å². The van der Waals surface area contributed by atoms with Gasteiger partial charge in [-0.3, -0.25) is 10.2 Å². The van der Waals surface area contributed by atoms with E-state index in [1.165, 1.54) is 0 Å². The minimum absolute atomic E-state index is 0.0793. The van der Waals surface area contributed by atoms with Crippen LogP contribution in [-0.4, -0.2) is 49.0 Å². The van der Waals surface area contributed by atoms with Crippen LogP contribution in [0.3, 0.4) is 0 Å². The number of piperazine rings is 1. The third-order valence-corrected chi connectivity index (χ3v) is 3.27. The van der Waals surface area contributed by atoms with Gasteiger partial charge in [-0.15, -0.1) is 0 Å². The Morgan fingerprint density at radius 3 is 2.61 bits per heavy atom. The molecular formula is C13H20N4O. The van der Waals surface area contributed by atoms with Crippen LogP contribution < -0.4 is 11.2 Å². The Bertz CT molecular complexity index is 439. The maximum Gasteiger partial charge on any atom is 0.265 e. The van der Waals surface area contributed by atoms with E-state index in [-0.39, 0.29) is 5.91 Å². The lowest BCUT2D eigenvalue weighted by Gasteiger charge is -2.32. The fourth-order valence-electron chi connectivity index (χ4n) is 2.01. The largest absolute Gasteiger partial charge is 0.399 e. The van der Waals surface area contributed by atoms with E-state index in [9.17, 15) is 4.79 Å². The SMILES string of the molecule is Cc1ccc(N)cc1C(=O)NN1CCN(C)CC1. The molecule has 5 nitrogen and oxygen atoms in total. The summed E-state index contributed by atoms with van der Waals surface area (Å²) in [4.78, 5) is 14.4. The third-order valence-electron chi connectivity index (χ3n) is 3.27. The summed E-state index contributed by atoms with van der Waals surface area (Å²) in [5.74, 6) is -0.0793. The van der Waals surface area contributed by atoms with Gasteiger partial charge in [-0.05, 0) is 31.7 Å². The summed E-state index contributed by atoms with van der Waals surface area (Å²) >= 11 is 0. The minimum atomic E-state index is -0.0793. The topological polar surface area (TPSA) is 61.6 Å². The lowest BCUT2D eigenvalue weighted by atomic mass is 10.1. The molecule has 0 saturated carbocycles. The van der Waals surface area contributed by atoms with Crippen molar-refractivity contribution in [2.45, 2.75) is 6.92 Å². The first-order valence-electron chi connectivity index (χ1n) is 6.17. The number of nitrogens with two attached hydrogens (primary N) is 1. The van der Waals surface area contributed by atoms with Crippen LogP contribution in [0.15, 0.2) is 18.2 Å². The molecule has 1 fully saturated rings. The fraction of sp³-hybridized carbons (Fsp3) is 0.462. The number of hydrogen-bond acceptors (Lipinski definition) is 4. The Balaban J connectivity index is 2.01. The van der Waals surface area contributed by atoms with Gasteiger partial charge in [0.15, 0.2) is 0 Å². The molecular weight excluding hydrogens is 228 g/mol. The van der Waals surface area contributed by atoms with Crippen LogP contribution in [0.4, 0.5) is 5.69 Å². The number of rotatable bonds is 2. The summed E-state index contributed by atoms with van der Waals surface area (Å²) in [6.45, 7) is 5.55. The monoisotopic (exact) mass is 248 g/mol. The van der Waals surface area contributed by atoms with Gasteiger partial charge < -0.3 is 10.6 Å². The number of likely N-dealkylation sites (N-methyl/N-ethyl adjacent to an activating group) is 1. The van der Waals surface area contributed by atoms with Crippen molar-refractivity contribution in [1.82, 2.24) is 15.3 Å². The van der Waals surface area contributed by atoms with Crippen molar-refractivity contribution >= 4 is 11.6 Å². The highest BCUT2D eigenvalue weighted by Crippen LogP contribution is 2.12. The van der Waals surface area contributed by atoms with Crippen molar-refractivity contribution in [2.75, 3.05) is 39.0 Å². The average Bonchev–Trinajstić information content (AvgIpc) is 2.35. The van der Waals surface area contributed by atoms with Crippen molar-refractivity contribution in [3.63, 3.8) is 0 Å². The fourth-order valence-corrected chi connectivity index (χ4v) is 2.01. The van der Waals surface area contributed by atoms with Gasteiger partial charge in [0, 0.05) is 37.4 Å². The van der Waals surface area contributed by atoms with Crippen molar-refractivity contribution in [3.8, 4) is 0 Å². The Labute approximate surface area is 108 Å². The Morgan fingerprint density at radius 1 is 1.28 bits per heavy atom. The van der Waals surface area contributed by atoms with Crippen LogP contribution in [-0.2, 0) is 0 Å².